The topological polar surface area (TPSA) is 54.0 Å². The van der Waals surface area contributed by atoms with Gasteiger partial charge in [-0.05, 0) is 31.4 Å². The van der Waals surface area contributed by atoms with Gasteiger partial charge in [-0.15, -0.1) is 11.8 Å². The molecule has 0 aliphatic carbocycles. The predicted octanol–water partition coefficient (Wildman–Crippen LogP) is 5.47. The number of benzene rings is 1. The fourth-order valence-corrected chi connectivity index (χ4v) is 4.66. The van der Waals surface area contributed by atoms with Gasteiger partial charge >= 0.3 is 5.97 Å². The van der Waals surface area contributed by atoms with Crippen molar-refractivity contribution in [1.29, 1.82) is 0 Å². The molecule has 170 valence electrons. The molecule has 4 atom stereocenters. The van der Waals surface area contributed by atoms with Gasteiger partial charge in [0.2, 0.25) is 0 Å². The second kappa shape index (κ2) is 14.8. The van der Waals surface area contributed by atoms with Gasteiger partial charge in [0.15, 0.2) is 5.44 Å². The molecule has 1 aromatic carbocycles. The Balaban J connectivity index is 2.08. The van der Waals surface area contributed by atoms with Crippen LogP contribution in [0.5, 0.6) is 0 Å². The number of hydrogen-bond acceptors (Lipinski definition) is 6. The minimum atomic E-state index is -0.402. The predicted molar refractivity (Wildman–Crippen MR) is 122 cm³/mol. The van der Waals surface area contributed by atoms with E-state index in [1.54, 1.807) is 23.9 Å². The monoisotopic (exact) mass is 438 g/mol. The van der Waals surface area contributed by atoms with Crippen LogP contribution in [0.15, 0.2) is 30.3 Å². The zero-order chi connectivity index (χ0) is 21.6. The van der Waals surface area contributed by atoms with Crippen molar-refractivity contribution in [2.45, 2.75) is 82.2 Å². The van der Waals surface area contributed by atoms with E-state index in [1.165, 1.54) is 0 Å². The molecule has 0 radical (unpaired) electrons. The van der Waals surface area contributed by atoms with E-state index in [4.69, 9.17) is 18.9 Å². The Bertz CT molecular complexity index is 582. The van der Waals surface area contributed by atoms with Crippen molar-refractivity contribution in [1.82, 2.24) is 0 Å². The molecule has 30 heavy (non-hydrogen) atoms. The lowest BCUT2D eigenvalue weighted by molar-refractivity contribution is -0.0998. The molecule has 6 heteroatoms. The van der Waals surface area contributed by atoms with Crippen LogP contribution in [-0.2, 0) is 18.9 Å². The van der Waals surface area contributed by atoms with E-state index in [9.17, 15) is 4.79 Å². The molecule has 1 aliphatic heterocycles. The quantitative estimate of drug-likeness (QED) is 0.267. The van der Waals surface area contributed by atoms with E-state index in [0.29, 0.717) is 25.4 Å². The summed E-state index contributed by atoms with van der Waals surface area (Å²) in [6.07, 6.45) is 5.82. The third-order valence-electron chi connectivity index (χ3n) is 5.04. The van der Waals surface area contributed by atoms with E-state index >= 15 is 0 Å². The zero-order valence-corrected chi connectivity index (χ0v) is 19.5. The Morgan fingerprint density at radius 3 is 2.10 bits per heavy atom. The van der Waals surface area contributed by atoms with Gasteiger partial charge in [-0.3, -0.25) is 0 Å². The molecule has 0 amide bonds. The molecule has 2 rings (SSSR count). The van der Waals surface area contributed by atoms with E-state index in [-0.39, 0.29) is 23.4 Å². The number of esters is 1. The van der Waals surface area contributed by atoms with Crippen molar-refractivity contribution in [3.8, 4) is 0 Å². The fraction of sp³-hybridized carbons (Fsp3) is 0.708. The third kappa shape index (κ3) is 8.22. The number of rotatable bonds is 15. The highest BCUT2D eigenvalue weighted by Gasteiger charge is 2.48. The molecule has 0 N–H and O–H groups in total. The van der Waals surface area contributed by atoms with Crippen LogP contribution in [0.3, 0.4) is 0 Å². The molecule has 5 nitrogen and oxygen atoms in total. The van der Waals surface area contributed by atoms with Crippen LogP contribution in [0.2, 0.25) is 0 Å². The van der Waals surface area contributed by atoms with E-state index in [2.05, 4.69) is 20.8 Å². The Labute approximate surface area is 186 Å². The average molecular weight is 439 g/mol. The first-order valence-electron chi connectivity index (χ1n) is 11.4. The lowest BCUT2D eigenvalue weighted by Gasteiger charge is -2.26. The molecular weight excluding hydrogens is 400 g/mol. The van der Waals surface area contributed by atoms with Crippen LogP contribution in [-0.4, -0.2) is 55.3 Å². The number of carbonyl (C=O) groups is 1. The van der Waals surface area contributed by atoms with Gasteiger partial charge in [0.1, 0.15) is 12.2 Å². The molecule has 0 bridgehead atoms. The van der Waals surface area contributed by atoms with Crippen molar-refractivity contribution in [3.05, 3.63) is 35.9 Å². The standard InChI is InChI=1S/C24H38O5S/c1-4-7-15-26-18-20-21(27-16-8-5-2)22(28-17-9-6-3)24(30-20)29-23(25)19-13-11-10-12-14-19/h10-14,20-22,24H,4-9,15-18H2,1-3H3/t20-,21-,22+,24?/m0/s1. The highest BCUT2D eigenvalue weighted by molar-refractivity contribution is 8.00. The smallest absolute Gasteiger partial charge is 0.339 e. The minimum Gasteiger partial charge on any atom is -0.445 e. The van der Waals surface area contributed by atoms with Crippen LogP contribution in [0.4, 0.5) is 0 Å². The summed E-state index contributed by atoms with van der Waals surface area (Å²) in [6, 6.07) is 9.12. The van der Waals surface area contributed by atoms with Gasteiger partial charge < -0.3 is 18.9 Å². The van der Waals surface area contributed by atoms with Crippen molar-refractivity contribution in [3.63, 3.8) is 0 Å². The van der Waals surface area contributed by atoms with Gasteiger partial charge in [-0.1, -0.05) is 58.2 Å². The SMILES string of the molecule is CCCCOC[C@@H]1SC(OC(=O)c2ccccc2)[C@H](OCCCC)[C@H]1OCCCC. The summed E-state index contributed by atoms with van der Waals surface area (Å²) in [6.45, 7) is 9.08. The fourth-order valence-electron chi connectivity index (χ4n) is 3.22. The minimum absolute atomic E-state index is 0.0823. The number of thioether (sulfide) groups is 1. The van der Waals surface area contributed by atoms with E-state index < -0.39 is 5.44 Å². The first kappa shape index (κ1) is 25.2. The van der Waals surface area contributed by atoms with Crippen LogP contribution >= 0.6 is 11.8 Å². The van der Waals surface area contributed by atoms with Crippen LogP contribution < -0.4 is 0 Å². The largest absolute Gasteiger partial charge is 0.445 e. The van der Waals surface area contributed by atoms with E-state index in [0.717, 1.165) is 45.1 Å². The summed E-state index contributed by atoms with van der Waals surface area (Å²) in [5, 5.41) is 0.0823. The van der Waals surface area contributed by atoms with Crippen molar-refractivity contribution < 1.29 is 23.7 Å². The normalized spacial score (nSPS) is 23.6. The number of hydrogen-bond donors (Lipinski definition) is 0. The van der Waals surface area contributed by atoms with Gasteiger partial charge in [-0.2, -0.15) is 0 Å². The van der Waals surface area contributed by atoms with Gasteiger partial charge in [0, 0.05) is 19.8 Å². The number of carbonyl (C=O) groups excluding carboxylic acids is 1. The molecular formula is C24H38O5S. The Morgan fingerprint density at radius 2 is 1.47 bits per heavy atom. The van der Waals surface area contributed by atoms with Crippen LogP contribution in [0.1, 0.15) is 69.7 Å². The van der Waals surface area contributed by atoms with E-state index in [1.807, 2.05) is 18.2 Å². The second-order valence-corrected chi connectivity index (χ2v) is 8.96. The van der Waals surface area contributed by atoms with Crippen molar-refractivity contribution in [2.24, 2.45) is 0 Å². The maximum absolute atomic E-state index is 12.7. The van der Waals surface area contributed by atoms with Crippen molar-refractivity contribution in [2.75, 3.05) is 26.4 Å². The summed E-state index contributed by atoms with van der Waals surface area (Å²) in [5.41, 5.74) is 0.150. The second-order valence-electron chi connectivity index (χ2n) is 7.62. The van der Waals surface area contributed by atoms with Crippen LogP contribution in [0, 0.1) is 0 Å². The number of unbranched alkanes of at least 4 members (excludes halogenated alkanes) is 3. The average Bonchev–Trinajstić information content (AvgIpc) is 3.08. The molecule has 0 spiro atoms. The molecule has 1 saturated heterocycles. The molecule has 1 fully saturated rings. The Morgan fingerprint density at radius 1 is 0.867 bits per heavy atom. The molecule has 0 aromatic heterocycles. The Hall–Kier alpha value is -1.08. The first-order valence-corrected chi connectivity index (χ1v) is 12.4. The lowest BCUT2D eigenvalue weighted by atomic mass is 10.1. The molecule has 1 aromatic rings. The molecule has 0 saturated carbocycles. The molecule has 1 unspecified atom stereocenters. The highest BCUT2D eigenvalue weighted by atomic mass is 32.2. The molecule has 1 heterocycles. The maximum atomic E-state index is 12.7. The van der Waals surface area contributed by atoms with Gasteiger partial charge in [0.05, 0.1) is 17.4 Å². The Kier molecular flexibility index (Phi) is 12.5. The maximum Gasteiger partial charge on any atom is 0.339 e. The summed E-state index contributed by atoms with van der Waals surface area (Å²) in [7, 11) is 0. The zero-order valence-electron chi connectivity index (χ0n) is 18.7. The molecule has 1 aliphatic rings. The number of ether oxygens (including phenoxy) is 4. The summed E-state index contributed by atoms with van der Waals surface area (Å²) in [4.78, 5) is 12.7. The summed E-state index contributed by atoms with van der Waals surface area (Å²) >= 11 is 1.61. The highest BCUT2D eigenvalue weighted by Crippen LogP contribution is 2.39. The lowest BCUT2D eigenvalue weighted by Crippen LogP contribution is -2.40. The summed E-state index contributed by atoms with van der Waals surface area (Å²) < 4.78 is 24.3. The van der Waals surface area contributed by atoms with Gasteiger partial charge in [0.25, 0.3) is 0 Å². The summed E-state index contributed by atoms with van der Waals surface area (Å²) in [5.74, 6) is -0.322. The van der Waals surface area contributed by atoms with Crippen molar-refractivity contribution >= 4 is 17.7 Å². The third-order valence-corrected chi connectivity index (χ3v) is 6.43. The van der Waals surface area contributed by atoms with Gasteiger partial charge in [-0.25, -0.2) is 4.79 Å². The van der Waals surface area contributed by atoms with Crippen LogP contribution in [0.25, 0.3) is 0 Å². The first-order chi connectivity index (χ1) is 14.7.